The molecular formula is C42H74O4. The number of hydrogen-bond acceptors (Lipinski definition) is 4. The second-order valence-electron chi connectivity index (χ2n) is 12.6. The Bertz CT molecular complexity index is 764. The maximum atomic E-state index is 12.2. The summed E-state index contributed by atoms with van der Waals surface area (Å²) in [5.41, 5.74) is 0. The Balaban J connectivity index is 3.51. The number of rotatable bonds is 35. The molecule has 46 heavy (non-hydrogen) atoms. The minimum atomic E-state index is -0.550. The highest BCUT2D eigenvalue weighted by molar-refractivity contribution is 5.69. The van der Waals surface area contributed by atoms with Crippen LogP contribution in [0.3, 0.4) is 0 Å². The van der Waals surface area contributed by atoms with E-state index in [1.807, 2.05) is 0 Å². The maximum Gasteiger partial charge on any atom is 0.306 e. The van der Waals surface area contributed by atoms with Gasteiger partial charge in [0, 0.05) is 13.0 Å². The van der Waals surface area contributed by atoms with Gasteiger partial charge in [-0.2, -0.15) is 0 Å². The van der Waals surface area contributed by atoms with Gasteiger partial charge in [-0.3, -0.25) is 4.79 Å². The molecule has 1 atom stereocenters. The lowest BCUT2D eigenvalue weighted by Gasteiger charge is -2.15. The van der Waals surface area contributed by atoms with Gasteiger partial charge in [-0.05, 0) is 77.0 Å². The van der Waals surface area contributed by atoms with Crippen LogP contribution >= 0.6 is 0 Å². The lowest BCUT2D eigenvalue weighted by molar-refractivity contribution is -0.154. The van der Waals surface area contributed by atoms with E-state index in [-0.39, 0.29) is 19.2 Å². The zero-order chi connectivity index (χ0) is 33.4. The Morgan fingerprint density at radius 2 is 0.978 bits per heavy atom. The van der Waals surface area contributed by atoms with Gasteiger partial charge in [0.15, 0.2) is 0 Å². The standard InChI is InChI=1S/C42H74O4/c1-3-5-7-9-11-13-15-17-19-21-22-24-26-28-30-32-34-36-38-45-40-41(39-43)46-42(44)37-35-33-31-29-27-25-23-20-18-16-14-12-10-8-6-4-2/h5,7,11,13,17,19-20,22-24,41,43H,3-4,6,8-10,12,14-16,18,21,25-40H2,1-2H3/b7-5-,13-11-,19-17-,23-20-,24-22-. The second-order valence-corrected chi connectivity index (χ2v) is 12.6. The molecule has 0 spiro atoms. The number of unbranched alkanes of at least 4 members (excludes halogenated alkanes) is 17. The van der Waals surface area contributed by atoms with Crippen LogP contribution in [0.15, 0.2) is 60.8 Å². The smallest absolute Gasteiger partial charge is 0.306 e. The Morgan fingerprint density at radius 3 is 1.50 bits per heavy atom. The summed E-state index contributed by atoms with van der Waals surface area (Å²) in [6.07, 6.45) is 51.2. The van der Waals surface area contributed by atoms with Gasteiger partial charge in [-0.25, -0.2) is 0 Å². The molecule has 1 unspecified atom stereocenters. The van der Waals surface area contributed by atoms with Gasteiger partial charge in [0.05, 0.1) is 13.2 Å². The molecule has 0 bridgehead atoms. The predicted octanol–water partition coefficient (Wildman–Crippen LogP) is 12.5. The monoisotopic (exact) mass is 643 g/mol. The molecule has 0 rings (SSSR count). The average molecular weight is 643 g/mol. The number of carbonyl (C=O) groups excluding carboxylic acids is 1. The van der Waals surface area contributed by atoms with E-state index in [9.17, 15) is 9.90 Å². The average Bonchev–Trinajstić information content (AvgIpc) is 3.06. The molecule has 1 N–H and O–H groups in total. The number of allylic oxidation sites excluding steroid dienone is 10. The minimum absolute atomic E-state index is 0.185. The summed E-state index contributed by atoms with van der Waals surface area (Å²) in [5.74, 6) is -0.218. The molecule has 0 radical (unpaired) electrons. The molecular weight excluding hydrogens is 568 g/mol. The fourth-order valence-electron chi connectivity index (χ4n) is 5.19. The maximum absolute atomic E-state index is 12.2. The van der Waals surface area contributed by atoms with Crippen LogP contribution in [0.25, 0.3) is 0 Å². The molecule has 4 heteroatoms. The molecule has 0 saturated heterocycles. The Morgan fingerprint density at radius 1 is 0.543 bits per heavy atom. The van der Waals surface area contributed by atoms with E-state index in [1.54, 1.807) is 0 Å². The molecule has 0 saturated carbocycles. The van der Waals surface area contributed by atoms with Crippen molar-refractivity contribution in [2.24, 2.45) is 0 Å². The zero-order valence-corrected chi connectivity index (χ0v) is 30.3. The van der Waals surface area contributed by atoms with E-state index < -0.39 is 6.10 Å². The fraction of sp³-hybridized carbons (Fsp3) is 0.738. The van der Waals surface area contributed by atoms with Crippen LogP contribution in [0.1, 0.15) is 174 Å². The van der Waals surface area contributed by atoms with Gasteiger partial charge in [0.2, 0.25) is 0 Å². The van der Waals surface area contributed by atoms with Crippen molar-refractivity contribution in [3.63, 3.8) is 0 Å². The first-order chi connectivity index (χ1) is 22.7. The summed E-state index contributed by atoms with van der Waals surface area (Å²) in [5, 5.41) is 9.57. The summed E-state index contributed by atoms with van der Waals surface area (Å²) in [7, 11) is 0. The van der Waals surface area contributed by atoms with E-state index in [0.29, 0.717) is 13.0 Å². The second kappa shape index (κ2) is 39.3. The Labute approximate surface area is 285 Å². The molecule has 0 fully saturated rings. The highest BCUT2D eigenvalue weighted by atomic mass is 16.6. The van der Waals surface area contributed by atoms with Gasteiger partial charge in [0.1, 0.15) is 6.10 Å². The van der Waals surface area contributed by atoms with Crippen LogP contribution < -0.4 is 0 Å². The molecule has 0 aliphatic rings. The van der Waals surface area contributed by atoms with E-state index in [0.717, 1.165) is 64.2 Å². The minimum Gasteiger partial charge on any atom is -0.457 e. The molecule has 0 aliphatic heterocycles. The van der Waals surface area contributed by atoms with Crippen molar-refractivity contribution >= 4 is 5.97 Å². The molecule has 0 aromatic carbocycles. The fourth-order valence-corrected chi connectivity index (χ4v) is 5.19. The van der Waals surface area contributed by atoms with Gasteiger partial charge >= 0.3 is 5.97 Å². The molecule has 266 valence electrons. The Kier molecular flexibility index (Phi) is 37.6. The van der Waals surface area contributed by atoms with Gasteiger partial charge in [0.25, 0.3) is 0 Å². The summed E-state index contributed by atoms with van der Waals surface area (Å²) in [6.45, 7) is 5.18. The third-order valence-electron chi connectivity index (χ3n) is 8.08. The SMILES string of the molecule is CC/C=C\C/C=C\C/C=C\C/C=C\CCCCCCCOCC(CO)OC(=O)CCCCCCC/C=C\CCCCCCCCC. The van der Waals surface area contributed by atoms with Gasteiger partial charge < -0.3 is 14.6 Å². The summed E-state index contributed by atoms with van der Waals surface area (Å²) >= 11 is 0. The van der Waals surface area contributed by atoms with Crippen molar-refractivity contribution in [3.8, 4) is 0 Å². The van der Waals surface area contributed by atoms with Gasteiger partial charge in [-0.15, -0.1) is 0 Å². The molecule has 0 aliphatic carbocycles. The number of aliphatic hydroxyl groups is 1. The molecule has 0 aromatic heterocycles. The molecule has 0 aromatic rings. The van der Waals surface area contributed by atoms with Crippen LogP contribution in [0.5, 0.6) is 0 Å². The van der Waals surface area contributed by atoms with E-state index in [4.69, 9.17) is 9.47 Å². The van der Waals surface area contributed by atoms with Crippen molar-refractivity contribution in [2.45, 2.75) is 180 Å². The number of hydrogen-bond donors (Lipinski definition) is 1. The normalized spacial score (nSPS) is 13.0. The van der Waals surface area contributed by atoms with Crippen molar-refractivity contribution in [1.29, 1.82) is 0 Å². The van der Waals surface area contributed by atoms with Crippen LogP contribution in [0, 0.1) is 0 Å². The first kappa shape index (κ1) is 44.1. The van der Waals surface area contributed by atoms with Crippen LogP contribution in [0.4, 0.5) is 0 Å². The van der Waals surface area contributed by atoms with Crippen molar-refractivity contribution in [3.05, 3.63) is 60.8 Å². The third-order valence-corrected chi connectivity index (χ3v) is 8.08. The van der Waals surface area contributed by atoms with Crippen LogP contribution in [-0.2, 0) is 14.3 Å². The zero-order valence-electron chi connectivity index (χ0n) is 30.3. The van der Waals surface area contributed by atoms with E-state index >= 15 is 0 Å². The third kappa shape index (κ3) is 36.6. The Hall–Kier alpha value is -1.91. The number of aliphatic hydroxyl groups excluding tert-OH is 1. The lowest BCUT2D eigenvalue weighted by atomic mass is 10.1. The highest BCUT2D eigenvalue weighted by Crippen LogP contribution is 2.12. The highest BCUT2D eigenvalue weighted by Gasteiger charge is 2.13. The van der Waals surface area contributed by atoms with Crippen molar-refractivity contribution in [2.75, 3.05) is 19.8 Å². The molecule has 0 amide bonds. The number of ether oxygens (including phenoxy) is 2. The summed E-state index contributed by atoms with van der Waals surface area (Å²) in [4.78, 5) is 12.2. The first-order valence-electron chi connectivity index (χ1n) is 19.4. The quantitative estimate of drug-likeness (QED) is 0.0424. The summed E-state index contributed by atoms with van der Waals surface area (Å²) in [6, 6.07) is 0. The van der Waals surface area contributed by atoms with Crippen molar-refractivity contribution < 1.29 is 19.4 Å². The summed E-state index contributed by atoms with van der Waals surface area (Å²) < 4.78 is 11.1. The number of esters is 1. The van der Waals surface area contributed by atoms with Crippen LogP contribution in [-0.4, -0.2) is 37.0 Å². The van der Waals surface area contributed by atoms with Crippen LogP contribution in [0.2, 0.25) is 0 Å². The lowest BCUT2D eigenvalue weighted by Crippen LogP contribution is -2.27. The topological polar surface area (TPSA) is 55.8 Å². The van der Waals surface area contributed by atoms with E-state index in [1.165, 1.54) is 89.9 Å². The predicted molar refractivity (Wildman–Crippen MR) is 200 cm³/mol. The molecule has 0 heterocycles. The first-order valence-corrected chi connectivity index (χ1v) is 19.4. The van der Waals surface area contributed by atoms with E-state index in [2.05, 4.69) is 74.6 Å². The number of carbonyl (C=O) groups is 1. The largest absolute Gasteiger partial charge is 0.457 e. The molecule has 4 nitrogen and oxygen atoms in total. The van der Waals surface area contributed by atoms with Gasteiger partial charge in [-0.1, -0.05) is 152 Å². The van der Waals surface area contributed by atoms with Crippen molar-refractivity contribution in [1.82, 2.24) is 0 Å².